The molecule has 2 aromatic heterocycles. The predicted octanol–water partition coefficient (Wildman–Crippen LogP) is 3.21. The summed E-state index contributed by atoms with van der Waals surface area (Å²) in [6.07, 6.45) is 3.30. The van der Waals surface area contributed by atoms with E-state index in [1.807, 2.05) is 18.2 Å². The molecule has 3 heterocycles. The molecule has 1 aromatic carbocycles. The lowest BCUT2D eigenvalue weighted by molar-refractivity contribution is 0.0730. The van der Waals surface area contributed by atoms with Gasteiger partial charge in [0.1, 0.15) is 10.1 Å². The van der Waals surface area contributed by atoms with Crippen molar-refractivity contribution in [3.63, 3.8) is 0 Å². The lowest BCUT2D eigenvalue weighted by Crippen LogP contribution is -2.40. The molecule has 1 N–H and O–H groups in total. The molecule has 0 atom stereocenters. The zero-order chi connectivity index (χ0) is 22.6. The van der Waals surface area contributed by atoms with Gasteiger partial charge in [0.2, 0.25) is 10.0 Å². The first-order valence-corrected chi connectivity index (χ1v) is 12.2. The van der Waals surface area contributed by atoms with Gasteiger partial charge in [-0.25, -0.2) is 18.4 Å². The quantitative estimate of drug-likeness (QED) is 0.590. The van der Waals surface area contributed by atoms with E-state index >= 15 is 0 Å². The summed E-state index contributed by atoms with van der Waals surface area (Å²) in [5.74, 6) is -0.400. The minimum absolute atomic E-state index is 0.133. The Hall–Kier alpha value is -2.79. The Morgan fingerprint density at radius 3 is 2.56 bits per heavy atom. The predicted molar refractivity (Wildman–Crippen MR) is 121 cm³/mol. The van der Waals surface area contributed by atoms with E-state index < -0.39 is 15.9 Å². The van der Waals surface area contributed by atoms with E-state index in [1.54, 1.807) is 43.6 Å². The number of pyridine rings is 2. The smallest absolute Gasteiger partial charge is 0.255 e. The molecule has 8 nitrogen and oxygen atoms in total. The summed E-state index contributed by atoms with van der Waals surface area (Å²) in [6, 6.07) is 13.7. The zero-order valence-electron chi connectivity index (χ0n) is 17.4. The van der Waals surface area contributed by atoms with Crippen molar-refractivity contribution in [3.8, 4) is 0 Å². The van der Waals surface area contributed by atoms with E-state index in [0.29, 0.717) is 42.6 Å². The van der Waals surface area contributed by atoms with E-state index in [0.717, 1.165) is 5.03 Å². The summed E-state index contributed by atoms with van der Waals surface area (Å²) in [6.45, 7) is 3.04. The molecule has 4 rings (SSSR count). The van der Waals surface area contributed by atoms with Crippen molar-refractivity contribution < 1.29 is 17.9 Å². The zero-order valence-corrected chi connectivity index (χ0v) is 19.0. The van der Waals surface area contributed by atoms with Gasteiger partial charge in [-0.1, -0.05) is 23.9 Å². The van der Waals surface area contributed by atoms with Gasteiger partial charge < -0.3 is 10.1 Å². The molecule has 3 aromatic rings. The summed E-state index contributed by atoms with van der Waals surface area (Å²) in [5.41, 5.74) is 1.41. The first kappa shape index (κ1) is 22.4. The number of ether oxygens (including phenoxy) is 1. The van der Waals surface area contributed by atoms with E-state index in [2.05, 4.69) is 15.3 Å². The molecule has 1 saturated heterocycles. The number of rotatable bonds is 6. The number of aryl methyl sites for hydroxylation is 1. The number of hydrogen-bond donors (Lipinski definition) is 1. The third-order valence-corrected chi connectivity index (χ3v) is 7.80. The molecule has 0 unspecified atom stereocenters. The highest BCUT2D eigenvalue weighted by atomic mass is 32.2. The van der Waals surface area contributed by atoms with Crippen LogP contribution in [0.4, 0.5) is 5.69 Å². The topological polar surface area (TPSA) is 101 Å². The number of amides is 1. The molecule has 0 bridgehead atoms. The van der Waals surface area contributed by atoms with Crippen molar-refractivity contribution in [1.82, 2.24) is 14.3 Å². The number of nitrogens with zero attached hydrogens (tertiary/aromatic N) is 3. The van der Waals surface area contributed by atoms with Gasteiger partial charge in [0.15, 0.2) is 0 Å². The highest BCUT2D eigenvalue weighted by molar-refractivity contribution is 7.99. The van der Waals surface area contributed by atoms with Gasteiger partial charge in [-0.15, -0.1) is 0 Å². The van der Waals surface area contributed by atoms with E-state index in [4.69, 9.17) is 4.74 Å². The third-order valence-electron chi connectivity index (χ3n) is 4.88. The normalized spacial score (nSPS) is 14.8. The van der Waals surface area contributed by atoms with Gasteiger partial charge in [0.05, 0.1) is 18.1 Å². The Bertz CT molecular complexity index is 1210. The van der Waals surface area contributed by atoms with Crippen LogP contribution in [-0.4, -0.2) is 54.9 Å². The second kappa shape index (κ2) is 9.78. The molecule has 32 heavy (non-hydrogen) atoms. The van der Waals surface area contributed by atoms with Crippen LogP contribution in [0.15, 0.2) is 75.9 Å². The minimum Gasteiger partial charge on any atom is -0.379 e. The van der Waals surface area contributed by atoms with Crippen molar-refractivity contribution in [3.05, 3.63) is 72.1 Å². The molecular weight excluding hydrogens is 448 g/mol. The average Bonchev–Trinajstić information content (AvgIpc) is 2.80. The molecule has 0 saturated carbocycles. The fraction of sp³-hybridized carbons (Fsp3) is 0.227. The Kier molecular flexibility index (Phi) is 6.85. The summed E-state index contributed by atoms with van der Waals surface area (Å²) in [4.78, 5) is 21.6. The highest BCUT2D eigenvalue weighted by Gasteiger charge is 2.28. The second-order valence-electron chi connectivity index (χ2n) is 7.10. The van der Waals surface area contributed by atoms with E-state index in [9.17, 15) is 13.2 Å². The number of carbonyl (C=O) groups is 1. The summed E-state index contributed by atoms with van der Waals surface area (Å²) < 4.78 is 32.8. The van der Waals surface area contributed by atoms with Crippen LogP contribution in [0, 0.1) is 6.92 Å². The molecule has 0 radical (unpaired) electrons. The molecular formula is C22H22N4O4S2. The van der Waals surface area contributed by atoms with Crippen LogP contribution in [-0.2, 0) is 14.8 Å². The van der Waals surface area contributed by atoms with Gasteiger partial charge in [0, 0.05) is 36.7 Å². The van der Waals surface area contributed by atoms with Crippen LogP contribution >= 0.6 is 11.8 Å². The van der Waals surface area contributed by atoms with Crippen molar-refractivity contribution in [2.75, 3.05) is 31.6 Å². The third kappa shape index (κ3) is 5.16. The maximum atomic E-state index is 13.1. The number of carbonyl (C=O) groups excluding carboxylic acids is 1. The standard InChI is InChI=1S/C22H22N4O4S2/c1-16-5-6-17(14-19(16)32(28,29)26-10-12-30-13-11-26)22(27)25-18-7-9-24-21(15-18)31-20-4-2-3-8-23-20/h2-9,14-15H,10-13H2,1H3,(H,24,25,27). The Labute approximate surface area is 191 Å². The Morgan fingerprint density at radius 2 is 1.81 bits per heavy atom. The minimum atomic E-state index is -3.71. The molecule has 0 aliphatic carbocycles. The van der Waals surface area contributed by atoms with Gasteiger partial charge >= 0.3 is 0 Å². The first-order chi connectivity index (χ1) is 15.4. The molecule has 1 fully saturated rings. The maximum Gasteiger partial charge on any atom is 0.255 e. The fourth-order valence-corrected chi connectivity index (χ4v) is 5.64. The van der Waals surface area contributed by atoms with E-state index in [1.165, 1.54) is 22.1 Å². The lowest BCUT2D eigenvalue weighted by atomic mass is 10.1. The average molecular weight is 471 g/mol. The van der Waals surface area contributed by atoms with Crippen LogP contribution in [0.1, 0.15) is 15.9 Å². The molecule has 166 valence electrons. The number of benzene rings is 1. The van der Waals surface area contributed by atoms with Gasteiger partial charge in [-0.05, 0) is 48.9 Å². The monoisotopic (exact) mass is 470 g/mol. The molecule has 1 aliphatic rings. The number of anilines is 1. The summed E-state index contributed by atoms with van der Waals surface area (Å²) in [7, 11) is -3.71. The number of nitrogens with one attached hydrogen (secondary N) is 1. The number of aromatic nitrogens is 2. The maximum absolute atomic E-state index is 13.1. The van der Waals surface area contributed by atoms with Crippen molar-refractivity contribution in [2.45, 2.75) is 21.9 Å². The van der Waals surface area contributed by atoms with Gasteiger partial charge in [-0.3, -0.25) is 4.79 Å². The lowest BCUT2D eigenvalue weighted by Gasteiger charge is -2.26. The molecule has 1 amide bonds. The molecule has 0 spiro atoms. The van der Waals surface area contributed by atoms with Crippen LogP contribution in [0.5, 0.6) is 0 Å². The summed E-state index contributed by atoms with van der Waals surface area (Å²) in [5, 5.41) is 4.29. The SMILES string of the molecule is Cc1ccc(C(=O)Nc2ccnc(Sc3ccccn3)c2)cc1S(=O)(=O)N1CCOCC1. The van der Waals surface area contributed by atoms with Crippen LogP contribution < -0.4 is 5.32 Å². The van der Waals surface area contributed by atoms with E-state index in [-0.39, 0.29) is 10.5 Å². The molecule has 1 aliphatic heterocycles. The van der Waals surface area contributed by atoms with Gasteiger partial charge in [0.25, 0.3) is 5.91 Å². The van der Waals surface area contributed by atoms with Crippen LogP contribution in [0.3, 0.4) is 0 Å². The first-order valence-electron chi connectivity index (χ1n) is 9.98. The second-order valence-corrected chi connectivity index (χ2v) is 10.1. The Balaban J connectivity index is 1.53. The van der Waals surface area contributed by atoms with Gasteiger partial charge in [-0.2, -0.15) is 4.31 Å². The van der Waals surface area contributed by atoms with Crippen LogP contribution in [0.25, 0.3) is 0 Å². The summed E-state index contributed by atoms with van der Waals surface area (Å²) >= 11 is 1.38. The highest BCUT2D eigenvalue weighted by Crippen LogP contribution is 2.26. The Morgan fingerprint density at radius 1 is 1.03 bits per heavy atom. The van der Waals surface area contributed by atoms with Crippen molar-refractivity contribution >= 4 is 33.4 Å². The van der Waals surface area contributed by atoms with Crippen molar-refractivity contribution in [2.24, 2.45) is 0 Å². The van der Waals surface area contributed by atoms with Crippen LogP contribution in [0.2, 0.25) is 0 Å². The number of morpholine rings is 1. The molecule has 10 heteroatoms. The fourth-order valence-electron chi connectivity index (χ4n) is 3.21. The number of hydrogen-bond acceptors (Lipinski definition) is 7. The largest absolute Gasteiger partial charge is 0.379 e. The van der Waals surface area contributed by atoms with Crippen molar-refractivity contribution in [1.29, 1.82) is 0 Å². The number of sulfonamides is 1.